The summed E-state index contributed by atoms with van der Waals surface area (Å²) in [6, 6.07) is 5.03. The maximum atomic E-state index is 12.8. The molecule has 0 atom stereocenters. The molecule has 2 aromatic rings. The first-order chi connectivity index (χ1) is 10.8. The molecule has 122 valence electrons. The van der Waals surface area contributed by atoms with Crippen LogP contribution in [-0.2, 0) is 12.7 Å². The summed E-state index contributed by atoms with van der Waals surface area (Å²) in [5.41, 5.74) is -0.763. The smallest absolute Gasteiger partial charge is 0.417 e. The molecule has 0 saturated heterocycles. The Balaban J connectivity index is 1.98. The predicted octanol–water partition coefficient (Wildman–Crippen LogP) is 3.45. The second-order valence-electron chi connectivity index (χ2n) is 4.97. The minimum absolute atomic E-state index is 0.0139. The lowest BCUT2D eigenvalue weighted by atomic mass is 10.2. The zero-order valence-electron chi connectivity index (χ0n) is 11.7. The molecule has 0 saturated carbocycles. The Morgan fingerprint density at radius 2 is 1.78 bits per heavy atom. The van der Waals surface area contributed by atoms with Crippen LogP contribution >= 0.6 is 15.9 Å². The number of aromatic nitrogens is 1. The lowest BCUT2D eigenvalue weighted by Gasteiger charge is -2.20. The average Bonchev–Trinajstić information content (AvgIpc) is 2.49. The number of nitrogens with zero attached hydrogens (tertiary/aromatic N) is 1. The van der Waals surface area contributed by atoms with E-state index in [1.165, 1.54) is 0 Å². The molecule has 0 fully saturated rings. The van der Waals surface area contributed by atoms with Crippen molar-refractivity contribution < 1.29 is 22.6 Å². The summed E-state index contributed by atoms with van der Waals surface area (Å²) in [6.45, 7) is 0.823. The van der Waals surface area contributed by atoms with Gasteiger partial charge in [0.1, 0.15) is 13.2 Å². The third-order valence-corrected chi connectivity index (χ3v) is 4.10. The monoisotopic (exact) mass is 389 g/mol. The van der Waals surface area contributed by atoms with E-state index in [9.17, 15) is 18.0 Å². The Bertz CT molecular complexity index is 802. The van der Waals surface area contributed by atoms with E-state index in [1.807, 2.05) is 0 Å². The predicted molar refractivity (Wildman–Crippen MR) is 79.9 cm³/mol. The van der Waals surface area contributed by atoms with E-state index in [-0.39, 0.29) is 6.54 Å². The highest BCUT2D eigenvalue weighted by Crippen LogP contribution is 2.36. The van der Waals surface area contributed by atoms with Gasteiger partial charge in [-0.1, -0.05) is 15.9 Å². The van der Waals surface area contributed by atoms with Crippen LogP contribution in [0.3, 0.4) is 0 Å². The Morgan fingerprint density at radius 3 is 2.43 bits per heavy atom. The van der Waals surface area contributed by atoms with Crippen molar-refractivity contribution in [2.45, 2.75) is 12.7 Å². The van der Waals surface area contributed by atoms with Crippen LogP contribution in [0.25, 0.3) is 0 Å². The first-order valence-corrected chi connectivity index (χ1v) is 7.49. The molecular weight excluding hydrogens is 379 g/mol. The lowest BCUT2D eigenvalue weighted by molar-refractivity contribution is -0.138. The van der Waals surface area contributed by atoms with E-state index < -0.39 is 17.3 Å². The molecule has 0 bridgehead atoms. The summed E-state index contributed by atoms with van der Waals surface area (Å²) in [5, 5.41) is 0. The normalized spacial score (nSPS) is 13.9. The molecule has 1 aromatic carbocycles. The number of rotatable bonds is 2. The third-order valence-electron chi connectivity index (χ3n) is 3.36. The van der Waals surface area contributed by atoms with Crippen LogP contribution < -0.4 is 15.0 Å². The zero-order valence-corrected chi connectivity index (χ0v) is 13.3. The number of halogens is 4. The van der Waals surface area contributed by atoms with Gasteiger partial charge in [0.2, 0.25) is 0 Å². The summed E-state index contributed by atoms with van der Waals surface area (Å²) in [6.07, 6.45) is -3.69. The number of hydrogen-bond acceptors (Lipinski definition) is 3. The number of fused-ring (bicyclic) bond motifs is 1. The number of benzene rings is 1. The molecule has 23 heavy (non-hydrogen) atoms. The molecule has 1 aliphatic rings. The lowest BCUT2D eigenvalue weighted by Crippen LogP contribution is -2.22. The first-order valence-electron chi connectivity index (χ1n) is 6.70. The van der Waals surface area contributed by atoms with Crippen molar-refractivity contribution in [3.63, 3.8) is 0 Å². The molecule has 0 aliphatic carbocycles. The molecule has 0 N–H and O–H groups in total. The largest absolute Gasteiger partial charge is 0.486 e. The Morgan fingerprint density at radius 1 is 1.13 bits per heavy atom. The summed E-state index contributed by atoms with van der Waals surface area (Å²) in [4.78, 5) is 11.8. The van der Waals surface area contributed by atoms with Gasteiger partial charge in [-0.05, 0) is 23.8 Å². The van der Waals surface area contributed by atoms with Gasteiger partial charge in [0.15, 0.2) is 11.5 Å². The maximum absolute atomic E-state index is 12.8. The van der Waals surface area contributed by atoms with Crippen molar-refractivity contribution in [2.24, 2.45) is 0 Å². The first kappa shape index (κ1) is 15.9. The van der Waals surface area contributed by atoms with Gasteiger partial charge in [0.25, 0.3) is 5.56 Å². The molecule has 0 radical (unpaired) electrons. The van der Waals surface area contributed by atoms with Crippen LogP contribution in [-0.4, -0.2) is 17.8 Å². The minimum Gasteiger partial charge on any atom is -0.486 e. The highest BCUT2D eigenvalue weighted by molar-refractivity contribution is 9.10. The van der Waals surface area contributed by atoms with Crippen LogP contribution in [0, 0.1) is 0 Å². The third kappa shape index (κ3) is 3.36. The molecule has 1 aromatic heterocycles. The second-order valence-corrected chi connectivity index (χ2v) is 5.82. The van der Waals surface area contributed by atoms with E-state index in [2.05, 4.69) is 15.9 Å². The molecule has 0 amide bonds. The highest BCUT2D eigenvalue weighted by Gasteiger charge is 2.31. The minimum atomic E-state index is -4.50. The number of pyridine rings is 1. The number of alkyl halides is 3. The number of hydrogen-bond donors (Lipinski definition) is 0. The fraction of sp³-hybridized carbons (Fsp3) is 0.267. The van der Waals surface area contributed by atoms with Crippen molar-refractivity contribution in [1.82, 2.24) is 4.57 Å². The quantitative estimate of drug-likeness (QED) is 0.789. The van der Waals surface area contributed by atoms with Crippen molar-refractivity contribution in [2.75, 3.05) is 13.2 Å². The standard InChI is InChI=1S/C15H11BrF3NO3/c16-11-6-13-12(22-3-4-23-13)5-9(11)7-20-8-10(15(17,18)19)1-2-14(20)21/h1-2,5-6,8H,3-4,7H2. The van der Waals surface area contributed by atoms with Crippen molar-refractivity contribution in [1.29, 1.82) is 0 Å². The summed E-state index contributed by atoms with van der Waals surface area (Å²) in [7, 11) is 0. The van der Waals surface area contributed by atoms with E-state index in [0.717, 1.165) is 22.9 Å². The van der Waals surface area contributed by atoms with Gasteiger partial charge in [0, 0.05) is 16.7 Å². The molecular formula is C15H11BrF3NO3. The maximum Gasteiger partial charge on any atom is 0.417 e. The molecule has 4 nitrogen and oxygen atoms in total. The fourth-order valence-corrected chi connectivity index (χ4v) is 2.68. The van der Waals surface area contributed by atoms with Gasteiger partial charge in [-0.15, -0.1) is 0 Å². The number of ether oxygens (including phenoxy) is 2. The fourth-order valence-electron chi connectivity index (χ4n) is 2.23. The van der Waals surface area contributed by atoms with Crippen LogP contribution in [0.1, 0.15) is 11.1 Å². The summed E-state index contributed by atoms with van der Waals surface area (Å²) < 4.78 is 50.9. The Kier molecular flexibility index (Phi) is 4.09. The Hall–Kier alpha value is -1.96. The Labute approximate surface area is 137 Å². The van der Waals surface area contributed by atoms with Gasteiger partial charge in [-0.3, -0.25) is 4.79 Å². The van der Waals surface area contributed by atoms with Crippen LogP contribution in [0.4, 0.5) is 13.2 Å². The van der Waals surface area contributed by atoms with Gasteiger partial charge in [-0.2, -0.15) is 13.2 Å². The summed E-state index contributed by atoms with van der Waals surface area (Å²) in [5.74, 6) is 1.07. The van der Waals surface area contributed by atoms with E-state index >= 15 is 0 Å². The van der Waals surface area contributed by atoms with Gasteiger partial charge < -0.3 is 14.0 Å². The highest BCUT2D eigenvalue weighted by atomic mass is 79.9. The van der Waals surface area contributed by atoms with Crippen LogP contribution in [0.5, 0.6) is 11.5 Å². The molecule has 2 heterocycles. The van der Waals surface area contributed by atoms with Crippen LogP contribution in [0.15, 0.2) is 39.7 Å². The van der Waals surface area contributed by atoms with Crippen molar-refractivity contribution >= 4 is 15.9 Å². The van der Waals surface area contributed by atoms with Crippen LogP contribution in [0.2, 0.25) is 0 Å². The van der Waals surface area contributed by atoms with Gasteiger partial charge in [-0.25, -0.2) is 0 Å². The van der Waals surface area contributed by atoms with Crippen molar-refractivity contribution in [3.8, 4) is 11.5 Å². The zero-order chi connectivity index (χ0) is 16.6. The molecule has 8 heteroatoms. The topological polar surface area (TPSA) is 40.5 Å². The van der Waals surface area contributed by atoms with Crippen molar-refractivity contribution in [3.05, 3.63) is 56.4 Å². The van der Waals surface area contributed by atoms with E-state index in [0.29, 0.717) is 34.7 Å². The second kappa shape index (κ2) is 5.92. The molecule has 1 aliphatic heterocycles. The molecule has 3 rings (SSSR count). The molecule has 0 spiro atoms. The SMILES string of the molecule is O=c1ccc(C(F)(F)F)cn1Cc1cc2c(cc1Br)OCCO2. The summed E-state index contributed by atoms with van der Waals surface area (Å²) >= 11 is 3.34. The van der Waals surface area contributed by atoms with Gasteiger partial charge >= 0.3 is 6.18 Å². The average molecular weight is 390 g/mol. The van der Waals surface area contributed by atoms with E-state index in [1.54, 1.807) is 12.1 Å². The molecule has 0 unspecified atom stereocenters. The van der Waals surface area contributed by atoms with E-state index in [4.69, 9.17) is 9.47 Å². The van der Waals surface area contributed by atoms with Gasteiger partial charge in [0.05, 0.1) is 12.1 Å².